The van der Waals surface area contributed by atoms with Crippen molar-refractivity contribution in [2.24, 2.45) is 5.92 Å². The van der Waals surface area contributed by atoms with Crippen molar-refractivity contribution in [1.29, 1.82) is 0 Å². The second-order valence-electron chi connectivity index (χ2n) is 10.5. The third-order valence-corrected chi connectivity index (χ3v) is 7.96. The Hall–Kier alpha value is -3.32. The van der Waals surface area contributed by atoms with Crippen LogP contribution in [0.15, 0.2) is 54.6 Å². The molecule has 3 aromatic carbocycles. The summed E-state index contributed by atoms with van der Waals surface area (Å²) >= 11 is 0. The maximum atomic E-state index is 15.2. The number of ether oxygens (including phenoxy) is 1. The lowest BCUT2D eigenvalue weighted by Crippen LogP contribution is -2.14. The molecular formula is C33H30F6O. The van der Waals surface area contributed by atoms with Crippen LogP contribution in [0.2, 0.25) is 0 Å². The van der Waals surface area contributed by atoms with Gasteiger partial charge in [0.05, 0.1) is 6.61 Å². The van der Waals surface area contributed by atoms with Crippen molar-refractivity contribution >= 4 is 6.08 Å². The highest BCUT2D eigenvalue weighted by Crippen LogP contribution is 2.41. The minimum absolute atomic E-state index is 0.0644. The molecule has 7 heteroatoms. The van der Waals surface area contributed by atoms with Gasteiger partial charge in [0, 0.05) is 22.3 Å². The highest BCUT2D eigenvalue weighted by atomic mass is 19.2. The topological polar surface area (TPSA) is 12.5 Å². The monoisotopic (exact) mass is 556 g/mol. The summed E-state index contributed by atoms with van der Waals surface area (Å²) in [6.45, 7) is 2.17. The molecule has 0 N–H and O–H groups in total. The van der Waals surface area contributed by atoms with Crippen LogP contribution >= 0.6 is 0 Å². The van der Waals surface area contributed by atoms with Crippen LogP contribution < -0.4 is 0 Å². The number of hydrogen-bond acceptors (Lipinski definition) is 1. The van der Waals surface area contributed by atoms with Crippen molar-refractivity contribution in [1.82, 2.24) is 0 Å². The van der Waals surface area contributed by atoms with Crippen molar-refractivity contribution in [3.8, 4) is 11.1 Å². The molecule has 5 rings (SSSR count). The largest absolute Gasteiger partial charge is 0.368 e. The number of aryl methyl sites for hydroxylation is 1. The second-order valence-corrected chi connectivity index (χ2v) is 10.5. The van der Waals surface area contributed by atoms with E-state index >= 15 is 8.78 Å². The smallest absolute Gasteiger partial charge is 0.167 e. The minimum atomic E-state index is -1.23. The molecule has 2 fully saturated rings. The first kappa shape index (κ1) is 28.2. The third kappa shape index (κ3) is 5.75. The van der Waals surface area contributed by atoms with Crippen molar-refractivity contribution in [3.63, 3.8) is 0 Å². The summed E-state index contributed by atoms with van der Waals surface area (Å²) < 4.78 is 93.4. The summed E-state index contributed by atoms with van der Waals surface area (Å²) in [5, 5.41) is 0. The molecule has 40 heavy (non-hydrogen) atoms. The Kier molecular flexibility index (Phi) is 8.50. The van der Waals surface area contributed by atoms with E-state index in [9.17, 15) is 17.6 Å². The molecule has 1 heterocycles. The van der Waals surface area contributed by atoms with Gasteiger partial charge in [0.15, 0.2) is 34.9 Å². The van der Waals surface area contributed by atoms with Crippen molar-refractivity contribution < 1.29 is 31.1 Å². The molecule has 1 aliphatic carbocycles. The average Bonchev–Trinajstić information content (AvgIpc) is 3.80. The summed E-state index contributed by atoms with van der Waals surface area (Å²) in [5.41, 5.74) is 0.113. The van der Waals surface area contributed by atoms with Gasteiger partial charge in [-0.1, -0.05) is 60.7 Å². The minimum Gasteiger partial charge on any atom is -0.368 e. The van der Waals surface area contributed by atoms with Crippen LogP contribution in [-0.4, -0.2) is 6.61 Å². The van der Waals surface area contributed by atoms with E-state index in [1.165, 1.54) is 24.3 Å². The highest BCUT2D eigenvalue weighted by Gasteiger charge is 2.31. The zero-order valence-corrected chi connectivity index (χ0v) is 22.1. The number of rotatable bonds is 8. The van der Waals surface area contributed by atoms with Gasteiger partial charge in [0.25, 0.3) is 0 Å². The number of allylic oxidation sites excluding steroid dienone is 3. The van der Waals surface area contributed by atoms with E-state index in [4.69, 9.17) is 4.74 Å². The van der Waals surface area contributed by atoms with Gasteiger partial charge in [0.2, 0.25) is 0 Å². The average molecular weight is 557 g/mol. The first-order chi connectivity index (χ1) is 19.3. The Morgan fingerprint density at radius 3 is 1.98 bits per heavy atom. The van der Waals surface area contributed by atoms with Gasteiger partial charge in [-0.05, 0) is 68.4 Å². The summed E-state index contributed by atoms with van der Waals surface area (Å²) in [7, 11) is 0. The molecular weight excluding hydrogens is 526 g/mol. The SMILES string of the molecule is C/C=C/CCc1ccc(/C=C/C2CCC(c3ccc(-c4ccc(C5CO5)c(F)c4F)c(F)c3F)CC2)c(F)c1F. The molecule has 0 radical (unpaired) electrons. The number of halogens is 6. The van der Waals surface area contributed by atoms with E-state index in [-0.39, 0.29) is 39.7 Å². The quantitative estimate of drug-likeness (QED) is 0.153. The number of epoxide rings is 1. The van der Waals surface area contributed by atoms with Gasteiger partial charge < -0.3 is 4.74 Å². The van der Waals surface area contributed by atoms with Crippen molar-refractivity contribution in [2.75, 3.05) is 6.61 Å². The molecule has 1 nitrogen and oxygen atoms in total. The van der Waals surface area contributed by atoms with Crippen molar-refractivity contribution in [2.45, 2.75) is 57.5 Å². The molecule has 1 unspecified atom stereocenters. The number of hydrogen-bond donors (Lipinski definition) is 0. The van der Waals surface area contributed by atoms with E-state index in [1.54, 1.807) is 18.2 Å². The Balaban J connectivity index is 1.25. The molecule has 1 saturated heterocycles. The molecule has 1 atom stereocenters. The van der Waals surface area contributed by atoms with Crippen LogP contribution in [0, 0.1) is 40.8 Å². The van der Waals surface area contributed by atoms with E-state index in [0.717, 1.165) is 0 Å². The molecule has 0 amide bonds. The molecule has 0 aromatic heterocycles. The lowest BCUT2D eigenvalue weighted by atomic mass is 9.78. The first-order valence-electron chi connectivity index (χ1n) is 13.6. The fraction of sp³-hybridized carbons (Fsp3) is 0.333. The van der Waals surface area contributed by atoms with Crippen LogP contribution in [0.4, 0.5) is 26.3 Å². The Morgan fingerprint density at radius 1 is 0.725 bits per heavy atom. The summed E-state index contributed by atoms with van der Waals surface area (Å²) in [6, 6.07) is 8.51. The molecule has 0 spiro atoms. The van der Waals surface area contributed by atoms with Gasteiger partial charge in [-0.25, -0.2) is 26.3 Å². The van der Waals surface area contributed by atoms with Crippen LogP contribution in [0.5, 0.6) is 0 Å². The number of benzene rings is 3. The Bertz CT molecular complexity index is 1450. The lowest BCUT2D eigenvalue weighted by molar-refractivity contribution is 0.365. The van der Waals surface area contributed by atoms with Gasteiger partial charge in [-0.2, -0.15) is 0 Å². The fourth-order valence-electron chi connectivity index (χ4n) is 5.53. The third-order valence-electron chi connectivity index (χ3n) is 7.96. The molecule has 1 aliphatic heterocycles. The fourth-order valence-corrected chi connectivity index (χ4v) is 5.53. The van der Waals surface area contributed by atoms with Crippen LogP contribution in [0.1, 0.15) is 73.3 Å². The van der Waals surface area contributed by atoms with Crippen LogP contribution in [0.25, 0.3) is 17.2 Å². The van der Waals surface area contributed by atoms with Crippen molar-refractivity contribution in [3.05, 3.63) is 112 Å². The summed E-state index contributed by atoms with van der Waals surface area (Å²) in [5.74, 6) is -6.46. The predicted octanol–water partition coefficient (Wildman–Crippen LogP) is 9.76. The molecule has 0 bridgehead atoms. The maximum absolute atomic E-state index is 15.2. The van der Waals surface area contributed by atoms with E-state index in [2.05, 4.69) is 0 Å². The molecule has 210 valence electrons. The highest BCUT2D eigenvalue weighted by molar-refractivity contribution is 5.66. The lowest BCUT2D eigenvalue weighted by Gasteiger charge is -2.27. The predicted molar refractivity (Wildman–Crippen MR) is 144 cm³/mol. The second kappa shape index (κ2) is 12.0. The zero-order chi connectivity index (χ0) is 28.4. The van der Waals surface area contributed by atoms with E-state index < -0.39 is 41.0 Å². The van der Waals surface area contributed by atoms with E-state index in [0.29, 0.717) is 50.7 Å². The summed E-state index contributed by atoms with van der Waals surface area (Å²) in [4.78, 5) is 0. The van der Waals surface area contributed by atoms with E-state index in [1.807, 2.05) is 25.2 Å². The first-order valence-corrected chi connectivity index (χ1v) is 13.6. The van der Waals surface area contributed by atoms with Crippen LogP contribution in [-0.2, 0) is 11.2 Å². The van der Waals surface area contributed by atoms with Gasteiger partial charge in [-0.15, -0.1) is 0 Å². The van der Waals surface area contributed by atoms with Gasteiger partial charge >= 0.3 is 0 Å². The molecule has 3 aromatic rings. The molecule has 1 saturated carbocycles. The standard InChI is InChI=1S/C33H30F6O/c1-2-3-4-5-21-12-13-22(29(35)28(21)34)11-8-19-6-9-20(10-7-19)23-14-15-24(31(37)30(23)36)25-16-17-26(27-18-40-27)33(39)32(25)38/h2-3,8,11-17,19-20,27H,4-7,9-10,18H2,1H3/b3-2+,11-8+. The van der Waals surface area contributed by atoms with Gasteiger partial charge in [0.1, 0.15) is 6.10 Å². The zero-order valence-electron chi connectivity index (χ0n) is 22.1. The Labute approximate surface area is 230 Å². The maximum Gasteiger partial charge on any atom is 0.167 e. The normalized spacial score (nSPS) is 21.0. The summed E-state index contributed by atoms with van der Waals surface area (Å²) in [6.07, 6.45) is 10.2. The molecule has 2 aliphatic rings. The van der Waals surface area contributed by atoms with Crippen LogP contribution in [0.3, 0.4) is 0 Å². The van der Waals surface area contributed by atoms with Gasteiger partial charge in [-0.3, -0.25) is 0 Å². The Morgan fingerprint density at radius 2 is 1.35 bits per heavy atom.